The van der Waals surface area contributed by atoms with Crippen LogP contribution in [0.1, 0.15) is 32.1 Å². The maximum atomic E-state index is 12.9. The molecule has 4 unspecified atom stereocenters. The molecule has 21 heavy (non-hydrogen) atoms. The summed E-state index contributed by atoms with van der Waals surface area (Å²) in [6.45, 7) is 0.268. The molecule has 0 aromatic carbocycles. The number of aliphatic carboxylic acids is 1. The van der Waals surface area contributed by atoms with Gasteiger partial charge in [0, 0.05) is 12.6 Å². The summed E-state index contributed by atoms with van der Waals surface area (Å²) in [5, 5.41) is 18.7. The fraction of sp³-hybridized carbons (Fsp3) is 0.750. The molecule has 5 nitrogen and oxygen atoms in total. The first-order chi connectivity index (χ1) is 10.1. The average Bonchev–Trinajstić information content (AvgIpc) is 3.18. The summed E-state index contributed by atoms with van der Waals surface area (Å²) >= 11 is 0. The highest BCUT2D eigenvalue weighted by atomic mass is 16.4. The second-order valence-corrected chi connectivity index (χ2v) is 6.53. The number of amides is 1. The van der Waals surface area contributed by atoms with Crippen LogP contribution in [-0.4, -0.2) is 46.2 Å². The lowest BCUT2D eigenvalue weighted by molar-refractivity contribution is -0.152. The largest absolute Gasteiger partial charge is 0.481 e. The minimum Gasteiger partial charge on any atom is -0.481 e. The van der Waals surface area contributed by atoms with Crippen LogP contribution in [0.4, 0.5) is 0 Å². The lowest BCUT2D eigenvalue weighted by Gasteiger charge is -2.34. The van der Waals surface area contributed by atoms with Crippen LogP contribution in [0, 0.1) is 23.7 Å². The summed E-state index contributed by atoms with van der Waals surface area (Å²) in [7, 11) is 0. The van der Waals surface area contributed by atoms with Gasteiger partial charge in [-0.2, -0.15) is 0 Å². The van der Waals surface area contributed by atoms with Crippen LogP contribution < -0.4 is 0 Å². The van der Waals surface area contributed by atoms with Crippen molar-refractivity contribution in [3.63, 3.8) is 0 Å². The number of fused-ring (bicyclic) bond motifs is 2. The van der Waals surface area contributed by atoms with Crippen molar-refractivity contribution in [1.29, 1.82) is 0 Å². The van der Waals surface area contributed by atoms with Crippen LogP contribution >= 0.6 is 0 Å². The molecule has 4 atom stereocenters. The number of rotatable bonds is 5. The second-order valence-electron chi connectivity index (χ2n) is 6.53. The maximum absolute atomic E-state index is 12.9. The smallest absolute Gasteiger partial charge is 0.307 e. The lowest BCUT2D eigenvalue weighted by Crippen LogP contribution is -2.48. The maximum Gasteiger partial charge on any atom is 0.307 e. The van der Waals surface area contributed by atoms with E-state index in [2.05, 4.69) is 0 Å². The third-order valence-corrected chi connectivity index (χ3v) is 5.42. The van der Waals surface area contributed by atoms with Crippen molar-refractivity contribution in [3.8, 4) is 0 Å². The second kappa shape index (κ2) is 5.79. The van der Waals surface area contributed by atoms with E-state index in [4.69, 9.17) is 0 Å². The van der Waals surface area contributed by atoms with Crippen LogP contribution in [0.2, 0.25) is 0 Å². The van der Waals surface area contributed by atoms with Crippen LogP contribution in [0.5, 0.6) is 0 Å². The molecular weight excluding hydrogens is 270 g/mol. The van der Waals surface area contributed by atoms with Crippen molar-refractivity contribution in [2.45, 2.75) is 38.1 Å². The number of carbonyl (C=O) groups is 2. The molecule has 2 saturated carbocycles. The Morgan fingerprint density at radius 3 is 2.29 bits per heavy atom. The SMILES string of the molecule is O=C(O)C1C2C=CC(C2)C1C(=O)N(CCO)C1CCCC1. The zero-order chi connectivity index (χ0) is 15.0. The molecule has 3 aliphatic rings. The van der Waals surface area contributed by atoms with Crippen LogP contribution in [-0.2, 0) is 9.59 Å². The van der Waals surface area contributed by atoms with Crippen molar-refractivity contribution in [2.75, 3.05) is 13.2 Å². The van der Waals surface area contributed by atoms with Crippen LogP contribution in [0.3, 0.4) is 0 Å². The molecule has 0 aliphatic heterocycles. The first kappa shape index (κ1) is 14.6. The highest BCUT2D eigenvalue weighted by molar-refractivity contribution is 5.87. The Labute approximate surface area is 124 Å². The number of nitrogens with zero attached hydrogens (tertiary/aromatic N) is 1. The van der Waals surface area contributed by atoms with E-state index < -0.39 is 17.8 Å². The first-order valence-corrected chi connectivity index (χ1v) is 7.96. The van der Waals surface area contributed by atoms with Gasteiger partial charge in [0.25, 0.3) is 0 Å². The lowest BCUT2D eigenvalue weighted by atomic mass is 9.81. The summed E-state index contributed by atoms with van der Waals surface area (Å²) in [5.41, 5.74) is 0. The van der Waals surface area contributed by atoms with Gasteiger partial charge >= 0.3 is 5.97 Å². The van der Waals surface area contributed by atoms with Gasteiger partial charge in [0.2, 0.25) is 5.91 Å². The van der Waals surface area contributed by atoms with E-state index in [-0.39, 0.29) is 30.4 Å². The molecule has 3 rings (SSSR count). The fourth-order valence-electron chi connectivity index (χ4n) is 4.48. The van der Waals surface area contributed by atoms with Gasteiger partial charge in [0.1, 0.15) is 0 Å². The van der Waals surface area contributed by atoms with Gasteiger partial charge in [-0.25, -0.2) is 0 Å². The Morgan fingerprint density at radius 2 is 1.71 bits per heavy atom. The molecule has 2 fully saturated rings. The third kappa shape index (κ3) is 2.48. The predicted molar refractivity (Wildman–Crippen MR) is 76.4 cm³/mol. The van der Waals surface area contributed by atoms with Crippen molar-refractivity contribution in [2.24, 2.45) is 23.7 Å². The third-order valence-electron chi connectivity index (χ3n) is 5.42. The average molecular weight is 293 g/mol. The van der Waals surface area contributed by atoms with Gasteiger partial charge in [-0.3, -0.25) is 9.59 Å². The van der Waals surface area contributed by atoms with Crippen LogP contribution in [0.15, 0.2) is 12.2 Å². The highest BCUT2D eigenvalue weighted by Gasteiger charge is 2.53. The number of hydrogen-bond donors (Lipinski definition) is 2. The van der Waals surface area contributed by atoms with Gasteiger partial charge in [-0.1, -0.05) is 25.0 Å². The number of carboxylic acids is 1. The zero-order valence-corrected chi connectivity index (χ0v) is 12.1. The van der Waals surface area contributed by atoms with E-state index in [0.717, 1.165) is 32.1 Å². The van der Waals surface area contributed by atoms with E-state index >= 15 is 0 Å². The Morgan fingerprint density at radius 1 is 1.10 bits per heavy atom. The number of aliphatic hydroxyl groups excluding tert-OH is 1. The monoisotopic (exact) mass is 293 g/mol. The van der Waals surface area contributed by atoms with Gasteiger partial charge in [-0.15, -0.1) is 0 Å². The Hall–Kier alpha value is -1.36. The van der Waals surface area contributed by atoms with E-state index in [1.54, 1.807) is 4.90 Å². The van der Waals surface area contributed by atoms with E-state index in [1.165, 1.54) is 0 Å². The summed E-state index contributed by atoms with van der Waals surface area (Å²) in [6, 6.07) is 0.183. The Bertz CT molecular complexity index is 455. The number of carbonyl (C=O) groups excluding carboxylic acids is 1. The molecule has 2 bridgehead atoms. The van der Waals surface area contributed by atoms with Crippen molar-refractivity contribution < 1.29 is 19.8 Å². The molecule has 116 valence electrons. The molecule has 5 heteroatoms. The molecule has 0 aromatic heterocycles. The quantitative estimate of drug-likeness (QED) is 0.748. The predicted octanol–water partition coefficient (Wildman–Crippen LogP) is 1.27. The summed E-state index contributed by atoms with van der Waals surface area (Å²) in [5.74, 6) is -1.88. The molecule has 0 aromatic rings. The Balaban J connectivity index is 1.81. The summed E-state index contributed by atoms with van der Waals surface area (Å²) < 4.78 is 0. The van der Waals surface area contributed by atoms with E-state index in [0.29, 0.717) is 6.54 Å². The number of allylic oxidation sites excluding steroid dienone is 2. The topological polar surface area (TPSA) is 77.8 Å². The minimum absolute atomic E-state index is 0.000930. The fourth-order valence-corrected chi connectivity index (χ4v) is 4.48. The normalized spacial score (nSPS) is 34.5. The van der Waals surface area contributed by atoms with Crippen LogP contribution in [0.25, 0.3) is 0 Å². The Kier molecular flexibility index (Phi) is 4.02. The van der Waals surface area contributed by atoms with Crippen molar-refractivity contribution in [1.82, 2.24) is 4.90 Å². The first-order valence-electron chi connectivity index (χ1n) is 7.96. The summed E-state index contributed by atoms with van der Waals surface area (Å²) in [4.78, 5) is 26.3. The molecular formula is C16H23NO4. The van der Waals surface area contributed by atoms with Gasteiger partial charge in [0.05, 0.1) is 18.4 Å². The summed E-state index contributed by atoms with van der Waals surface area (Å²) in [6.07, 6.45) is 8.92. The molecule has 2 N–H and O–H groups in total. The zero-order valence-electron chi connectivity index (χ0n) is 12.1. The molecule has 0 radical (unpaired) electrons. The van der Waals surface area contributed by atoms with Gasteiger partial charge < -0.3 is 15.1 Å². The molecule has 3 aliphatic carbocycles. The van der Waals surface area contributed by atoms with Crippen molar-refractivity contribution >= 4 is 11.9 Å². The van der Waals surface area contributed by atoms with E-state index in [9.17, 15) is 19.8 Å². The highest BCUT2D eigenvalue weighted by Crippen LogP contribution is 2.49. The molecule has 0 saturated heterocycles. The number of carboxylic acid groups (broad SMARTS) is 1. The van der Waals surface area contributed by atoms with Crippen molar-refractivity contribution in [3.05, 3.63) is 12.2 Å². The minimum atomic E-state index is -0.861. The molecule has 0 spiro atoms. The number of hydrogen-bond acceptors (Lipinski definition) is 3. The number of aliphatic hydroxyl groups is 1. The molecule has 0 heterocycles. The molecule has 1 amide bonds. The standard InChI is InChI=1S/C16H23NO4/c18-8-7-17(12-3-1-2-4-12)15(19)13-10-5-6-11(9-10)14(13)16(20)21/h5-6,10-14,18H,1-4,7-9H2,(H,20,21). The van der Waals surface area contributed by atoms with Gasteiger partial charge in [0.15, 0.2) is 0 Å². The van der Waals surface area contributed by atoms with Gasteiger partial charge in [-0.05, 0) is 31.1 Å². The van der Waals surface area contributed by atoms with E-state index in [1.807, 2.05) is 12.2 Å².